The third-order valence-electron chi connectivity index (χ3n) is 5.35. The third kappa shape index (κ3) is 8.19. The van der Waals surface area contributed by atoms with Crippen molar-refractivity contribution < 1.29 is 9.53 Å². The van der Waals surface area contributed by atoms with Gasteiger partial charge in [0.15, 0.2) is 0 Å². The van der Waals surface area contributed by atoms with E-state index in [4.69, 9.17) is 4.74 Å². The molecule has 0 bridgehead atoms. The maximum atomic E-state index is 11.6. The van der Waals surface area contributed by atoms with Gasteiger partial charge in [-0.1, -0.05) is 78.1 Å². The minimum absolute atomic E-state index is 0.00767. The van der Waals surface area contributed by atoms with Gasteiger partial charge in [-0.3, -0.25) is 4.79 Å². The van der Waals surface area contributed by atoms with E-state index >= 15 is 0 Å². The average Bonchev–Trinajstić information content (AvgIpc) is 3.29. The summed E-state index contributed by atoms with van der Waals surface area (Å²) in [7, 11) is 1.52. The van der Waals surface area contributed by atoms with Crippen LogP contribution >= 0.6 is 0 Å². The zero-order chi connectivity index (χ0) is 16.2. The van der Waals surface area contributed by atoms with Gasteiger partial charge >= 0.3 is 5.97 Å². The Morgan fingerprint density at radius 2 is 1.64 bits per heavy atom. The third-order valence-corrected chi connectivity index (χ3v) is 5.35. The number of hydrogen-bond acceptors (Lipinski definition) is 2. The molecule has 0 aromatic rings. The molecule has 0 radical (unpaired) electrons. The highest BCUT2D eigenvalue weighted by Gasteiger charge is 2.42. The van der Waals surface area contributed by atoms with Crippen molar-refractivity contribution in [2.75, 3.05) is 7.11 Å². The quantitative estimate of drug-likeness (QED) is 0.285. The van der Waals surface area contributed by atoms with E-state index in [1.807, 2.05) is 0 Å². The van der Waals surface area contributed by atoms with Gasteiger partial charge in [-0.15, -0.1) is 0 Å². The Morgan fingerprint density at radius 3 is 2.32 bits per heavy atom. The molecule has 3 unspecified atom stereocenters. The fourth-order valence-electron chi connectivity index (χ4n) is 3.79. The molecule has 0 spiro atoms. The van der Waals surface area contributed by atoms with Crippen molar-refractivity contribution in [3.05, 3.63) is 0 Å². The molecule has 3 atom stereocenters. The molecular formula is C20H38O2. The van der Waals surface area contributed by atoms with Crippen molar-refractivity contribution in [1.82, 2.24) is 0 Å². The summed E-state index contributed by atoms with van der Waals surface area (Å²) in [5.41, 5.74) is 0. The second-order valence-electron chi connectivity index (χ2n) is 7.25. The molecule has 1 rings (SSSR count). The van der Waals surface area contributed by atoms with E-state index in [-0.39, 0.29) is 5.97 Å². The van der Waals surface area contributed by atoms with E-state index < -0.39 is 0 Å². The van der Waals surface area contributed by atoms with Crippen LogP contribution in [0.15, 0.2) is 0 Å². The average molecular weight is 311 g/mol. The Labute approximate surface area is 138 Å². The zero-order valence-corrected chi connectivity index (χ0v) is 15.2. The number of rotatable bonds is 14. The van der Waals surface area contributed by atoms with Gasteiger partial charge < -0.3 is 4.74 Å². The topological polar surface area (TPSA) is 26.3 Å². The van der Waals surface area contributed by atoms with Gasteiger partial charge in [0, 0.05) is 6.42 Å². The molecule has 1 aliphatic carbocycles. The first kappa shape index (κ1) is 19.5. The Bertz CT molecular complexity index is 287. The molecule has 1 fully saturated rings. The SMILES string of the molecule is CCCCCCCCC1CC1C(CCCCC)CC(=O)OC. The highest BCUT2D eigenvalue weighted by atomic mass is 16.5. The fraction of sp³-hybridized carbons (Fsp3) is 0.950. The highest BCUT2D eigenvalue weighted by molar-refractivity contribution is 5.69. The van der Waals surface area contributed by atoms with E-state index in [1.165, 1.54) is 84.2 Å². The lowest BCUT2D eigenvalue weighted by atomic mass is 9.91. The molecule has 0 aromatic carbocycles. The summed E-state index contributed by atoms with van der Waals surface area (Å²) in [4.78, 5) is 11.6. The van der Waals surface area contributed by atoms with Crippen LogP contribution in [0.2, 0.25) is 0 Å². The smallest absolute Gasteiger partial charge is 0.305 e. The Hall–Kier alpha value is -0.530. The lowest BCUT2D eigenvalue weighted by molar-refractivity contribution is -0.142. The lowest BCUT2D eigenvalue weighted by Crippen LogP contribution is -2.13. The van der Waals surface area contributed by atoms with E-state index in [9.17, 15) is 4.79 Å². The maximum absolute atomic E-state index is 11.6. The van der Waals surface area contributed by atoms with Crippen molar-refractivity contribution in [3.63, 3.8) is 0 Å². The van der Waals surface area contributed by atoms with Crippen LogP contribution in [-0.2, 0) is 9.53 Å². The number of unbranched alkanes of at least 4 members (excludes halogenated alkanes) is 7. The minimum atomic E-state index is -0.00767. The van der Waals surface area contributed by atoms with E-state index in [0.29, 0.717) is 12.3 Å². The molecule has 1 saturated carbocycles. The Kier molecular flexibility index (Phi) is 10.6. The first-order chi connectivity index (χ1) is 10.7. The molecule has 0 aromatic heterocycles. The van der Waals surface area contributed by atoms with E-state index in [2.05, 4.69) is 13.8 Å². The minimum Gasteiger partial charge on any atom is -0.469 e. The van der Waals surface area contributed by atoms with E-state index in [0.717, 1.165) is 11.8 Å². The standard InChI is InChI=1S/C20H38O2/c1-4-6-8-9-10-12-14-17-15-19(17)18(13-11-7-5-2)16-20(21)22-3/h17-19H,4-16H2,1-3H3. The number of hydrogen-bond donors (Lipinski definition) is 0. The van der Waals surface area contributed by atoms with Crippen LogP contribution in [0.4, 0.5) is 0 Å². The van der Waals surface area contributed by atoms with Crippen LogP contribution < -0.4 is 0 Å². The molecule has 130 valence electrons. The summed E-state index contributed by atoms with van der Waals surface area (Å²) in [6, 6.07) is 0. The summed E-state index contributed by atoms with van der Waals surface area (Å²) in [6.45, 7) is 4.52. The molecule has 0 amide bonds. The predicted octanol–water partition coefficient (Wildman–Crippen LogP) is 6.13. The summed E-state index contributed by atoms with van der Waals surface area (Å²) < 4.78 is 4.90. The number of carbonyl (C=O) groups excluding carboxylic acids is 1. The predicted molar refractivity (Wildman–Crippen MR) is 93.9 cm³/mol. The van der Waals surface area contributed by atoms with Crippen LogP contribution in [0.1, 0.15) is 97.3 Å². The zero-order valence-electron chi connectivity index (χ0n) is 15.2. The van der Waals surface area contributed by atoms with Crippen molar-refractivity contribution >= 4 is 5.97 Å². The Balaban J connectivity index is 2.19. The second kappa shape index (κ2) is 12.0. The fourth-order valence-corrected chi connectivity index (χ4v) is 3.79. The van der Waals surface area contributed by atoms with Crippen LogP contribution in [0.5, 0.6) is 0 Å². The largest absolute Gasteiger partial charge is 0.469 e. The van der Waals surface area contributed by atoms with Crippen molar-refractivity contribution in [2.45, 2.75) is 97.3 Å². The van der Waals surface area contributed by atoms with E-state index in [1.54, 1.807) is 0 Å². The first-order valence-corrected chi connectivity index (χ1v) is 9.79. The number of ether oxygens (including phenoxy) is 1. The second-order valence-corrected chi connectivity index (χ2v) is 7.25. The number of carbonyl (C=O) groups is 1. The lowest BCUT2D eigenvalue weighted by Gasteiger charge is -2.15. The molecule has 2 nitrogen and oxygen atoms in total. The van der Waals surface area contributed by atoms with Gasteiger partial charge in [-0.05, 0) is 30.6 Å². The van der Waals surface area contributed by atoms with Gasteiger partial charge in [-0.2, -0.15) is 0 Å². The molecule has 2 heteroatoms. The Morgan fingerprint density at radius 1 is 1.00 bits per heavy atom. The number of esters is 1. The van der Waals surface area contributed by atoms with Crippen LogP contribution in [-0.4, -0.2) is 13.1 Å². The monoisotopic (exact) mass is 310 g/mol. The summed E-state index contributed by atoms with van der Waals surface area (Å²) >= 11 is 0. The van der Waals surface area contributed by atoms with Gasteiger partial charge in [0.05, 0.1) is 7.11 Å². The molecule has 0 saturated heterocycles. The summed E-state index contributed by atoms with van der Waals surface area (Å²) in [5.74, 6) is 2.30. The van der Waals surface area contributed by atoms with Crippen LogP contribution in [0.3, 0.4) is 0 Å². The summed E-state index contributed by atoms with van der Waals surface area (Å²) in [6.07, 6.45) is 16.8. The van der Waals surface area contributed by atoms with Gasteiger partial charge in [0.25, 0.3) is 0 Å². The van der Waals surface area contributed by atoms with Crippen molar-refractivity contribution in [2.24, 2.45) is 17.8 Å². The summed E-state index contributed by atoms with van der Waals surface area (Å²) in [5, 5.41) is 0. The highest BCUT2D eigenvalue weighted by Crippen LogP contribution is 2.50. The van der Waals surface area contributed by atoms with Crippen LogP contribution in [0, 0.1) is 17.8 Å². The van der Waals surface area contributed by atoms with Crippen LogP contribution in [0.25, 0.3) is 0 Å². The van der Waals surface area contributed by atoms with Gasteiger partial charge in [0.1, 0.15) is 0 Å². The number of methoxy groups -OCH3 is 1. The maximum Gasteiger partial charge on any atom is 0.305 e. The molecule has 22 heavy (non-hydrogen) atoms. The van der Waals surface area contributed by atoms with Gasteiger partial charge in [-0.25, -0.2) is 0 Å². The first-order valence-electron chi connectivity index (χ1n) is 9.79. The molecule has 1 aliphatic rings. The van der Waals surface area contributed by atoms with Gasteiger partial charge in [0.2, 0.25) is 0 Å². The molecule has 0 aliphatic heterocycles. The normalized spacial score (nSPS) is 21.6. The molecular weight excluding hydrogens is 272 g/mol. The molecule has 0 N–H and O–H groups in total. The van der Waals surface area contributed by atoms with Crippen molar-refractivity contribution in [1.29, 1.82) is 0 Å². The molecule has 0 heterocycles. The van der Waals surface area contributed by atoms with Crippen molar-refractivity contribution in [3.8, 4) is 0 Å².